The molecule has 0 aromatic rings. The van der Waals surface area contributed by atoms with Crippen molar-refractivity contribution < 1.29 is 13.2 Å². The first-order valence-electron chi connectivity index (χ1n) is 5.43. The van der Waals surface area contributed by atoms with Crippen molar-refractivity contribution in [1.29, 1.82) is 0 Å². The molecule has 0 bridgehead atoms. The molecule has 1 saturated heterocycles. The van der Waals surface area contributed by atoms with Crippen LogP contribution in [0.25, 0.3) is 0 Å². The van der Waals surface area contributed by atoms with E-state index in [1.54, 1.807) is 0 Å². The molecule has 1 heterocycles. The summed E-state index contributed by atoms with van der Waals surface area (Å²) in [6.45, 7) is 0.905. The van der Waals surface area contributed by atoms with E-state index in [-0.39, 0.29) is 17.6 Å². The van der Waals surface area contributed by atoms with Crippen molar-refractivity contribution in [3.63, 3.8) is 0 Å². The minimum Gasteiger partial charge on any atom is -0.307 e. The lowest BCUT2D eigenvalue weighted by Crippen LogP contribution is -2.40. The monoisotopic (exact) mass is 233 g/mol. The Morgan fingerprint density at radius 1 is 1.40 bits per heavy atom. The van der Waals surface area contributed by atoms with Gasteiger partial charge in [0.2, 0.25) is 0 Å². The molecule has 5 heteroatoms. The van der Waals surface area contributed by atoms with Crippen molar-refractivity contribution in [3.05, 3.63) is 0 Å². The molecular formula is C10H19NO3S. The van der Waals surface area contributed by atoms with Gasteiger partial charge in [0.15, 0.2) is 0 Å². The third-order valence-corrected chi connectivity index (χ3v) is 3.67. The second-order valence-corrected chi connectivity index (χ2v) is 6.46. The van der Waals surface area contributed by atoms with E-state index in [0.29, 0.717) is 12.8 Å². The zero-order valence-electron chi connectivity index (χ0n) is 9.16. The SMILES string of the molecule is CS(=O)(=O)CCCC(=O)C1CCCCN1. The Morgan fingerprint density at radius 3 is 2.67 bits per heavy atom. The highest BCUT2D eigenvalue weighted by molar-refractivity contribution is 7.90. The van der Waals surface area contributed by atoms with Gasteiger partial charge in [0, 0.05) is 12.7 Å². The van der Waals surface area contributed by atoms with Gasteiger partial charge in [-0.05, 0) is 25.8 Å². The lowest BCUT2D eigenvalue weighted by Gasteiger charge is -2.21. The average Bonchev–Trinajstić information content (AvgIpc) is 2.17. The molecule has 0 radical (unpaired) electrons. The molecule has 1 aliphatic heterocycles. The maximum Gasteiger partial charge on any atom is 0.149 e. The molecule has 0 amide bonds. The van der Waals surface area contributed by atoms with Crippen LogP contribution in [0.2, 0.25) is 0 Å². The number of carbonyl (C=O) groups excluding carboxylic acids is 1. The fraction of sp³-hybridized carbons (Fsp3) is 0.900. The first-order valence-corrected chi connectivity index (χ1v) is 7.49. The number of carbonyl (C=O) groups is 1. The molecule has 0 aromatic heterocycles. The summed E-state index contributed by atoms with van der Waals surface area (Å²) < 4.78 is 21.7. The highest BCUT2D eigenvalue weighted by atomic mass is 32.2. The summed E-state index contributed by atoms with van der Waals surface area (Å²) in [6, 6.07) is -0.0293. The molecule has 15 heavy (non-hydrogen) atoms. The Balaban J connectivity index is 2.23. The van der Waals surface area contributed by atoms with E-state index in [1.807, 2.05) is 0 Å². The maximum atomic E-state index is 11.6. The summed E-state index contributed by atoms with van der Waals surface area (Å²) in [5.74, 6) is 0.282. The molecule has 0 spiro atoms. The van der Waals surface area contributed by atoms with Crippen LogP contribution in [0.5, 0.6) is 0 Å². The highest BCUT2D eigenvalue weighted by Crippen LogP contribution is 2.10. The molecule has 1 atom stereocenters. The molecule has 1 fully saturated rings. The summed E-state index contributed by atoms with van der Waals surface area (Å²) in [5.41, 5.74) is 0. The van der Waals surface area contributed by atoms with E-state index in [1.165, 1.54) is 6.26 Å². The quantitative estimate of drug-likeness (QED) is 0.752. The van der Waals surface area contributed by atoms with Gasteiger partial charge in [-0.2, -0.15) is 0 Å². The number of ketones is 1. The summed E-state index contributed by atoms with van der Waals surface area (Å²) in [7, 11) is -2.92. The summed E-state index contributed by atoms with van der Waals surface area (Å²) in [4.78, 5) is 11.6. The van der Waals surface area contributed by atoms with Crippen molar-refractivity contribution in [3.8, 4) is 0 Å². The number of hydrogen-bond acceptors (Lipinski definition) is 4. The number of hydrogen-bond donors (Lipinski definition) is 1. The molecule has 1 aliphatic rings. The van der Waals surface area contributed by atoms with Gasteiger partial charge in [-0.25, -0.2) is 8.42 Å². The minimum atomic E-state index is -2.92. The van der Waals surface area contributed by atoms with Crippen LogP contribution >= 0.6 is 0 Å². The van der Waals surface area contributed by atoms with Crippen LogP contribution in [-0.4, -0.2) is 38.8 Å². The van der Waals surface area contributed by atoms with Gasteiger partial charge in [-0.3, -0.25) is 4.79 Å². The van der Waals surface area contributed by atoms with E-state index in [0.717, 1.165) is 25.8 Å². The first kappa shape index (κ1) is 12.6. The van der Waals surface area contributed by atoms with Gasteiger partial charge in [0.25, 0.3) is 0 Å². The Labute approximate surface area is 91.4 Å². The first-order chi connectivity index (χ1) is 6.99. The molecular weight excluding hydrogens is 214 g/mol. The van der Waals surface area contributed by atoms with E-state index in [2.05, 4.69) is 5.32 Å². The van der Waals surface area contributed by atoms with Gasteiger partial charge in [0.1, 0.15) is 15.6 Å². The predicted molar refractivity (Wildman–Crippen MR) is 59.6 cm³/mol. The Bertz CT molecular complexity index is 305. The van der Waals surface area contributed by atoms with Crippen LogP contribution in [0.3, 0.4) is 0 Å². The van der Waals surface area contributed by atoms with Crippen LogP contribution in [0.4, 0.5) is 0 Å². The second-order valence-electron chi connectivity index (χ2n) is 4.20. The van der Waals surface area contributed by atoms with Crippen LogP contribution < -0.4 is 5.32 Å². The third kappa shape index (κ3) is 5.28. The van der Waals surface area contributed by atoms with Gasteiger partial charge in [-0.15, -0.1) is 0 Å². The predicted octanol–water partition coefficient (Wildman–Crippen LogP) is 0.522. The number of rotatable bonds is 5. The van der Waals surface area contributed by atoms with Crippen molar-refractivity contribution in [1.82, 2.24) is 5.32 Å². The van der Waals surface area contributed by atoms with Crippen molar-refractivity contribution in [2.45, 2.75) is 38.1 Å². The molecule has 0 aliphatic carbocycles. The van der Waals surface area contributed by atoms with Crippen LogP contribution in [0, 0.1) is 0 Å². The largest absolute Gasteiger partial charge is 0.307 e. The van der Waals surface area contributed by atoms with E-state index < -0.39 is 9.84 Å². The topological polar surface area (TPSA) is 63.2 Å². The van der Waals surface area contributed by atoms with E-state index in [9.17, 15) is 13.2 Å². The molecule has 1 rings (SSSR count). The van der Waals surface area contributed by atoms with E-state index >= 15 is 0 Å². The van der Waals surface area contributed by atoms with Crippen molar-refractivity contribution in [2.75, 3.05) is 18.6 Å². The lowest BCUT2D eigenvalue weighted by molar-refractivity contribution is -0.121. The Morgan fingerprint density at radius 2 is 2.13 bits per heavy atom. The second kappa shape index (κ2) is 5.61. The third-order valence-electron chi connectivity index (χ3n) is 2.64. The Hall–Kier alpha value is -0.420. The minimum absolute atomic E-state index is 0.0293. The number of sulfone groups is 1. The highest BCUT2D eigenvalue weighted by Gasteiger charge is 2.19. The van der Waals surface area contributed by atoms with Gasteiger partial charge in [-0.1, -0.05) is 6.42 Å². The average molecular weight is 233 g/mol. The Kier molecular flexibility index (Phi) is 4.73. The smallest absolute Gasteiger partial charge is 0.149 e. The zero-order chi connectivity index (χ0) is 11.3. The fourth-order valence-electron chi connectivity index (χ4n) is 1.81. The normalized spacial score (nSPS) is 22.6. The van der Waals surface area contributed by atoms with Crippen LogP contribution in [-0.2, 0) is 14.6 Å². The number of nitrogens with one attached hydrogen (secondary N) is 1. The van der Waals surface area contributed by atoms with Crippen molar-refractivity contribution >= 4 is 15.6 Å². The lowest BCUT2D eigenvalue weighted by atomic mass is 9.99. The maximum absolute atomic E-state index is 11.6. The van der Waals surface area contributed by atoms with Crippen LogP contribution in [0.15, 0.2) is 0 Å². The number of Topliss-reactive ketones (excluding diaryl/α,β-unsaturated/α-hetero) is 1. The number of piperidine rings is 1. The van der Waals surface area contributed by atoms with E-state index in [4.69, 9.17) is 0 Å². The van der Waals surface area contributed by atoms with Gasteiger partial charge in [0.05, 0.1) is 11.8 Å². The molecule has 0 saturated carbocycles. The summed E-state index contributed by atoms with van der Waals surface area (Å²) in [5, 5.41) is 3.17. The van der Waals surface area contributed by atoms with Crippen LogP contribution in [0.1, 0.15) is 32.1 Å². The molecule has 88 valence electrons. The van der Waals surface area contributed by atoms with Gasteiger partial charge < -0.3 is 5.32 Å². The molecule has 0 aromatic carbocycles. The molecule has 4 nitrogen and oxygen atoms in total. The fourth-order valence-corrected chi connectivity index (χ4v) is 2.48. The molecule has 1 N–H and O–H groups in total. The van der Waals surface area contributed by atoms with Gasteiger partial charge >= 0.3 is 0 Å². The summed E-state index contributed by atoms with van der Waals surface area (Å²) in [6.07, 6.45) is 5.16. The van der Waals surface area contributed by atoms with Crippen molar-refractivity contribution in [2.24, 2.45) is 0 Å². The summed E-state index contributed by atoms with van der Waals surface area (Å²) >= 11 is 0. The molecule has 1 unspecified atom stereocenters. The standard InChI is InChI=1S/C10H19NO3S/c1-15(13,14)8-4-6-10(12)9-5-2-3-7-11-9/h9,11H,2-8H2,1H3. The zero-order valence-corrected chi connectivity index (χ0v) is 9.98.